The summed E-state index contributed by atoms with van der Waals surface area (Å²) in [5, 5.41) is 0.572. The quantitative estimate of drug-likeness (QED) is 0.750. The van der Waals surface area contributed by atoms with Gasteiger partial charge >= 0.3 is 0 Å². The van der Waals surface area contributed by atoms with E-state index in [9.17, 15) is 0 Å². The molecule has 0 aliphatic rings. The molecule has 90 valence electrons. The molecule has 1 aromatic rings. The minimum atomic E-state index is 0. The van der Waals surface area contributed by atoms with Gasteiger partial charge in [0, 0.05) is 38.9 Å². The largest absolute Gasteiger partial charge is 0.347 e. The van der Waals surface area contributed by atoms with Crippen LogP contribution in [0.25, 0.3) is 0 Å². The number of unbranched alkanes of at least 4 members (excludes halogenated alkanes) is 1. The first kappa shape index (κ1) is 15.5. The molecule has 1 unspecified atom stereocenters. The van der Waals surface area contributed by atoms with Gasteiger partial charge in [-0.15, -0.1) is 0 Å². The molecule has 0 saturated carbocycles. The van der Waals surface area contributed by atoms with E-state index in [-0.39, 0.29) is 21.1 Å². The molecule has 1 heterocycles. The molecule has 1 aromatic heterocycles. The van der Waals surface area contributed by atoms with Crippen molar-refractivity contribution in [3.8, 4) is 0 Å². The molecule has 0 aliphatic heterocycles. The van der Waals surface area contributed by atoms with Crippen LogP contribution in [-0.2, 0) is 21.1 Å². The van der Waals surface area contributed by atoms with Gasteiger partial charge in [0.15, 0.2) is 0 Å². The van der Waals surface area contributed by atoms with Gasteiger partial charge in [0.25, 0.3) is 0 Å². The summed E-state index contributed by atoms with van der Waals surface area (Å²) in [6.07, 6.45) is 7.57. The summed E-state index contributed by atoms with van der Waals surface area (Å²) in [6, 6.07) is 0. The molecule has 0 aromatic carbocycles. The Bertz CT molecular complexity index is 268. The number of aromatic amines is 1. The molecule has 0 aliphatic carbocycles. The molecule has 1 rings (SSSR count). The minimum absolute atomic E-state index is 0. The van der Waals surface area contributed by atoms with Crippen LogP contribution in [0.15, 0.2) is 6.20 Å². The zero-order valence-corrected chi connectivity index (χ0v) is 12.9. The predicted octanol–water partition coefficient (Wildman–Crippen LogP) is 3.70. The van der Waals surface area contributed by atoms with E-state index in [1.165, 1.54) is 19.3 Å². The Balaban J connectivity index is 0.00000196. The van der Waals surface area contributed by atoms with Gasteiger partial charge in [-0.2, -0.15) is 11.8 Å². The van der Waals surface area contributed by atoms with Crippen molar-refractivity contribution >= 4 is 23.4 Å². The van der Waals surface area contributed by atoms with Crippen LogP contribution in [0.1, 0.15) is 37.9 Å². The fraction of sp³-hybridized carbons (Fsp3) is 0.700. The number of halogens is 1. The van der Waals surface area contributed by atoms with E-state index in [0.29, 0.717) is 11.1 Å². The van der Waals surface area contributed by atoms with Crippen LogP contribution in [0.5, 0.6) is 0 Å². The molecule has 1 N–H and O–H groups in total. The number of thioether (sulfide) groups is 1. The molecule has 0 bridgehead atoms. The Hall–Kier alpha value is 0.538. The first-order valence-electron chi connectivity index (χ1n) is 4.97. The van der Waals surface area contributed by atoms with Gasteiger partial charge in [-0.1, -0.05) is 31.4 Å². The van der Waals surface area contributed by atoms with Crippen LogP contribution >= 0.6 is 23.4 Å². The molecular weight excluding hydrogens is 411 g/mol. The summed E-state index contributed by atoms with van der Waals surface area (Å²) in [7, 11) is 0. The molecule has 1 atom stereocenters. The van der Waals surface area contributed by atoms with Crippen molar-refractivity contribution in [1.82, 2.24) is 9.97 Å². The van der Waals surface area contributed by atoms with Crippen molar-refractivity contribution in [1.29, 1.82) is 0 Å². The van der Waals surface area contributed by atoms with Crippen LogP contribution in [0.2, 0.25) is 5.15 Å². The van der Waals surface area contributed by atoms with Gasteiger partial charge in [0.05, 0.1) is 0 Å². The monoisotopic (exact) mass is 427 g/mol. The maximum atomic E-state index is 5.79. The smallest absolute Gasteiger partial charge is 0.147 e. The Morgan fingerprint density at radius 1 is 1.60 bits per heavy atom. The topological polar surface area (TPSA) is 28.7 Å². The fourth-order valence-corrected chi connectivity index (χ4v) is 2.35. The second-order valence-corrected chi connectivity index (χ2v) is 4.70. The van der Waals surface area contributed by atoms with Crippen molar-refractivity contribution < 1.29 is 21.1 Å². The summed E-state index contributed by atoms with van der Waals surface area (Å²) >= 11 is 7.65. The van der Waals surface area contributed by atoms with E-state index in [4.69, 9.17) is 11.6 Å². The van der Waals surface area contributed by atoms with Gasteiger partial charge in [-0.3, -0.25) is 0 Å². The number of hydrogen-bond acceptors (Lipinski definition) is 2. The summed E-state index contributed by atoms with van der Waals surface area (Å²) in [6.45, 7) is 2.21. The number of imidazole rings is 1. The third-order valence-corrected chi connectivity index (χ3v) is 3.16. The van der Waals surface area contributed by atoms with Crippen LogP contribution in [0, 0.1) is 0 Å². The average molecular weight is 428 g/mol. The number of rotatable bonds is 6. The molecule has 0 saturated heterocycles. The number of aromatic nitrogens is 2. The van der Waals surface area contributed by atoms with Gasteiger partial charge in [-0.05, 0) is 12.7 Å². The van der Waals surface area contributed by atoms with Crippen molar-refractivity contribution in [2.24, 2.45) is 0 Å². The van der Waals surface area contributed by atoms with Crippen molar-refractivity contribution in [2.75, 3.05) is 12.0 Å². The summed E-state index contributed by atoms with van der Waals surface area (Å²) in [5.41, 5.74) is 0. The second-order valence-electron chi connectivity index (χ2n) is 3.40. The molecule has 2 nitrogen and oxygen atoms in total. The van der Waals surface area contributed by atoms with Crippen LogP contribution < -0.4 is 0 Å². The third kappa shape index (κ3) is 5.42. The van der Waals surface area contributed by atoms with E-state index < -0.39 is 0 Å². The Labute approximate surface area is 115 Å². The van der Waals surface area contributed by atoms with Gasteiger partial charge in [0.1, 0.15) is 11.0 Å². The number of H-pyrrole nitrogens is 1. The molecule has 0 fully saturated rings. The molecule has 0 radical (unpaired) electrons. The van der Waals surface area contributed by atoms with Gasteiger partial charge < -0.3 is 4.98 Å². The second kappa shape index (κ2) is 8.66. The molecule has 15 heavy (non-hydrogen) atoms. The van der Waals surface area contributed by atoms with Crippen molar-refractivity contribution in [3.63, 3.8) is 0 Å². The van der Waals surface area contributed by atoms with Crippen molar-refractivity contribution in [3.05, 3.63) is 17.2 Å². The zero-order chi connectivity index (χ0) is 10.4. The maximum Gasteiger partial charge on any atom is 0.147 e. The Kier molecular flexibility index (Phi) is 8.97. The number of nitrogens with one attached hydrogen (secondary N) is 1. The van der Waals surface area contributed by atoms with Crippen LogP contribution in [0.3, 0.4) is 0 Å². The first-order valence-corrected chi connectivity index (χ1v) is 6.74. The van der Waals surface area contributed by atoms with E-state index in [2.05, 4.69) is 23.1 Å². The predicted molar refractivity (Wildman–Crippen MR) is 64.2 cm³/mol. The van der Waals surface area contributed by atoms with E-state index in [1.54, 1.807) is 6.20 Å². The van der Waals surface area contributed by atoms with Gasteiger partial charge in [-0.25, -0.2) is 4.98 Å². The molecular formula is C10H17ClN2PtS. The molecule has 5 heteroatoms. The Morgan fingerprint density at radius 3 is 2.80 bits per heavy atom. The van der Waals surface area contributed by atoms with Crippen LogP contribution in [0.4, 0.5) is 0 Å². The molecule has 0 spiro atoms. The molecule has 0 amide bonds. The summed E-state index contributed by atoms with van der Waals surface area (Å²) in [5.74, 6) is 2.68. The standard InChI is InChI=1S/C10H17ClN2S.Pt/c1-3-4-5-8(7-14-2)10-12-6-9(11)13-10;/h6,8H,3-5,7H2,1-2H3,(H,12,13);. The number of nitrogens with zero attached hydrogens (tertiary/aromatic N) is 1. The Morgan fingerprint density at radius 2 is 2.33 bits per heavy atom. The van der Waals surface area contributed by atoms with Gasteiger partial charge in [0.2, 0.25) is 0 Å². The first-order chi connectivity index (χ1) is 6.77. The normalized spacial score (nSPS) is 12.2. The summed E-state index contributed by atoms with van der Waals surface area (Å²) < 4.78 is 0. The zero-order valence-electron chi connectivity index (χ0n) is 9.03. The average Bonchev–Trinajstić information content (AvgIpc) is 2.59. The minimum Gasteiger partial charge on any atom is -0.347 e. The maximum absolute atomic E-state index is 5.79. The SMILES string of the molecule is CCCCC(CSC)c1nc(Cl)c[nH]1.[Pt]. The number of hydrogen-bond donors (Lipinski definition) is 1. The van der Waals surface area contributed by atoms with E-state index in [1.807, 2.05) is 11.8 Å². The van der Waals surface area contributed by atoms with E-state index in [0.717, 1.165) is 11.6 Å². The van der Waals surface area contributed by atoms with Crippen molar-refractivity contribution in [2.45, 2.75) is 32.1 Å². The fourth-order valence-electron chi connectivity index (χ4n) is 1.47. The third-order valence-electron chi connectivity index (χ3n) is 2.23. The van der Waals surface area contributed by atoms with E-state index >= 15 is 0 Å². The summed E-state index contributed by atoms with van der Waals surface area (Å²) in [4.78, 5) is 7.42. The van der Waals surface area contributed by atoms with Crippen LogP contribution in [-0.4, -0.2) is 22.0 Å².